The van der Waals surface area contributed by atoms with Gasteiger partial charge in [0.25, 0.3) is 5.91 Å². The van der Waals surface area contributed by atoms with E-state index in [1.54, 1.807) is 47.7 Å². The van der Waals surface area contributed by atoms with Gasteiger partial charge in [0.05, 0.1) is 11.1 Å². The fraction of sp³-hybridized carbons (Fsp3) is 0.190. The zero-order chi connectivity index (χ0) is 21.8. The van der Waals surface area contributed by atoms with Crippen LogP contribution in [0.4, 0.5) is 13.2 Å². The third kappa shape index (κ3) is 3.39. The molecule has 0 unspecified atom stereocenters. The highest BCUT2D eigenvalue weighted by atomic mass is 32.2. The molecule has 30 heavy (non-hydrogen) atoms. The largest absolute Gasteiger partial charge is 0.416 e. The maximum absolute atomic E-state index is 13.1. The number of hydrogen-bond donors (Lipinski definition) is 1. The van der Waals surface area contributed by atoms with Crippen molar-refractivity contribution in [3.63, 3.8) is 0 Å². The summed E-state index contributed by atoms with van der Waals surface area (Å²) >= 11 is 1.33. The number of aromatic nitrogens is 1. The van der Waals surface area contributed by atoms with Gasteiger partial charge in [-0.05, 0) is 56.7 Å². The Balaban J connectivity index is 1.77. The highest BCUT2D eigenvalue weighted by Gasteiger charge is 2.33. The Bertz CT molecular complexity index is 1190. The second-order valence-corrected chi connectivity index (χ2v) is 8.24. The summed E-state index contributed by atoms with van der Waals surface area (Å²) in [6.45, 7) is 5.42. The molecule has 9 heteroatoms. The van der Waals surface area contributed by atoms with Crippen molar-refractivity contribution >= 4 is 34.7 Å². The summed E-state index contributed by atoms with van der Waals surface area (Å²) in [6, 6.07) is 6.87. The maximum Gasteiger partial charge on any atom is 0.416 e. The number of fused-ring (bicyclic) bond motifs is 1. The fourth-order valence-corrected chi connectivity index (χ4v) is 4.33. The highest BCUT2D eigenvalue weighted by molar-refractivity contribution is 8.17. The standard InChI is InChI=1S/C21H17F3N4OS/c1-11-7-14(8-17-18(25)27-10-12(2)30-20(27)26-19(17)29)13(3)28(11)16-6-4-5-15(9-16)21(22,23)24/h4-10,25H,1-3H3/b17-8-,25-18?. The number of aliphatic imine (C=N–C) groups is 1. The van der Waals surface area contributed by atoms with Gasteiger partial charge in [0.15, 0.2) is 5.17 Å². The van der Waals surface area contributed by atoms with Crippen LogP contribution in [0.3, 0.4) is 0 Å². The second-order valence-electron chi connectivity index (χ2n) is 7.03. The minimum atomic E-state index is -4.44. The molecule has 4 rings (SSSR count). The summed E-state index contributed by atoms with van der Waals surface area (Å²) < 4.78 is 41.0. The molecule has 1 amide bonds. The molecule has 0 atom stereocenters. The molecule has 0 bridgehead atoms. The molecule has 0 radical (unpaired) electrons. The molecule has 1 aromatic carbocycles. The monoisotopic (exact) mass is 430 g/mol. The van der Waals surface area contributed by atoms with Gasteiger partial charge in [0.2, 0.25) is 0 Å². The quantitative estimate of drug-likeness (QED) is 0.660. The number of allylic oxidation sites excluding steroid dienone is 1. The van der Waals surface area contributed by atoms with Crippen molar-refractivity contribution in [1.29, 1.82) is 5.41 Å². The van der Waals surface area contributed by atoms with Gasteiger partial charge in [-0.1, -0.05) is 17.8 Å². The Morgan fingerprint density at radius 2 is 1.90 bits per heavy atom. The maximum atomic E-state index is 13.1. The van der Waals surface area contributed by atoms with Gasteiger partial charge < -0.3 is 4.57 Å². The number of amides is 1. The second kappa shape index (κ2) is 7.02. The average Bonchev–Trinajstić information content (AvgIpc) is 3.16. The number of hydrogen-bond acceptors (Lipinski definition) is 3. The Morgan fingerprint density at radius 1 is 1.17 bits per heavy atom. The predicted octanol–water partition coefficient (Wildman–Crippen LogP) is 5.28. The van der Waals surface area contributed by atoms with Crippen LogP contribution in [0.25, 0.3) is 11.8 Å². The smallest absolute Gasteiger partial charge is 0.318 e. The first-order valence-electron chi connectivity index (χ1n) is 9.02. The molecule has 1 aromatic heterocycles. The summed E-state index contributed by atoms with van der Waals surface area (Å²) in [5, 5.41) is 8.85. The highest BCUT2D eigenvalue weighted by Crippen LogP contribution is 2.34. The zero-order valence-electron chi connectivity index (χ0n) is 16.3. The minimum absolute atomic E-state index is 0.0261. The Morgan fingerprint density at radius 3 is 2.60 bits per heavy atom. The summed E-state index contributed by atoms with van der Waals surface area (Å²) in [5.41, 5.74) is 1.80. The molecule has 0 saturated carbocycles. The number of aryl methyl sites for hydroxylation is 1. The minimum Gasteiger partial charge on any atom is -0.318 e. The van der Waals surface area contributed by atoms with Crippen LogP contribution in [0.15, 0.2) is 52.0 Å². The number of nitrogens with zero attached hydrogens (tertiary/aromatic N) is 3. The summed E-state index contributed by atoms with van der Waals surface area (Å²) in [7, 11) is 0. The molecule has 0 aliphatic carbocycles. The van der Waals surface area contributed by atoms with Crippen molar-refractivity contribution in [1.82, 2.24) is 9.47 Å². The lowest BCUT2D eigenvalue weighted by Gasteiger charge is -2.22. The van der Waals surface area contributed by atoms with E-state index in [9.17, 15) is 18.0 Å². The lowest BCUT2D eigenvalue weighted by Crippen LogP contribution is -2.35. The van der Waals surface area contributed by atoms with Gasteiger partial charge in [-0.3, -0.25) is 15.1 Å². The molecule has 2 aliphatic rings. The number of rotatable bonds is 2. The first kappa shape index (κ1) is 20.2. The molecule has 1 N–H and O–H groups in total. The molecular formula is C21H17F3N4OS. The molecule has 0 spiro atoms. The Hall–Kier alpha value is -3.07. The van der Waals surface area contributed by atoms with Crippen LogP contribution in [-0.4, -0.2) is 26.4 Å². The summed E-state index contributed by atoms with van der Waals surface area (Å²) in [5.74, 6) is -0.482. The van der Waals surface area contributed by atoms with Crippen LogP contribution in [0.2, 0.25) is 0 Å². The Kier molecular flexibility index (Phi) is 4.73. The van der Waals surface area contributed by atoms with Crippen molar-refractivity contribution in [2.45, 2.75) is 26.9 Å². The zero-order valence-corrected chi connectivity index (χ0v) is 17.1. The van der Waals surface area contributed by atoms with Crippen molar-refractivity contribution in [3.8, 4) is 5.69 Å². The van der Waals surface area contributed by atoms with Gasteiger partial charge in [-0.2, -0.15) is 18.2 Å². The van der Waals surface area contributed by atoms with Crippen LogP contribution in [0.1, 0.15) is 29.4 Å². The first-order chi connectivity index (χ1) is 14.1. The van der Waals surface area contributed by atoms with Gasteiger partial charge in [0.1, 0.15) is 5.84 Å². The van der Waals surface area contributed by atoms with E-state index in [2.05, 4.69) is 4.99 Å². The third-order valence-corrected chi connectivity index (χ3v) is 5.79. The van der Waals surface area contributed by atoms with Crippen molar-refractivity contribution in [2.24, 2.45) is 4.99 Å². The van der Waals surface area contributed by atoms with E-state index < -0.39 is 17.6 Å². The van der Waals surface area contributed by atoms with E-state index in [1.165, 1.54) is 17.8 Å². The van der Waals surface area contributed by atoms with Crippen LogP contribution in [0.5, 0.6) is 0 Å². The summed E-state index contributed by atoms with van der Waals surface area (Å²) in [6.07, 6.45) is -1.12. The van der Waals surface area contributed by atoms with Gasteiger partial charge in [0, 0.05) is 28.2 Å². The molecule has 0 saturated heterocycles. The number of thioether (sulfide) groups is 1. The van der Waals surface area contributed by atoms with Crippen molar-refractivity contribution < 1.29 is 18.0 Å². The fourth-order valence-electron chi connectivity index (χ4n) is 3.51. The normalized spacial score (nSPS) is 18.1. The van der Waals surface area contributed by atoms with E-state index in [0.717, 1.165) is 17.0 Å². The van der Waals surface area contributed by atoms with E-state index in [-0.39, 0.29) is 11.4 Å². The van der Waals surface area contributed by atoms with Crippen molar-refractivity contribution in [2.75, 3.05) is 0 Å². The lowest BCUT2D eigenvalue weighted by molar-refractivity contribution is -0.137. The third-order valence-electron chi connectivity index (χ3n) is 4.89. The van der Waals surface area contributed by atoms with Gasteiger partial charge in [-0.15, -0.1) is 0 Å². The van der Waals surface area contributed by atoms with Crippen LogP contribution in [-0.2, 0) is 11.0 Å². The predicted molar refractivity (Wildman–Crippen MR) is 112 cm³/mol. The van der Waals surface area contributed by atoms with Crippen LogP contribution in [0, 0.1) is 19.3 Å². The number of amidine groups is 2. The Labute approximate surface area is 175 Å². The molecule has 3 heterocycles. The van der Waals surface area contributed by atoms with Crippen LogP contribution < -0.4 is 0 Å². The van der Waals surface area contributed by atoms with E-state index >= 15 is 0 Å². The van der Waals surface area contributed by atoms with Gasteiger partial charge >= 0.3 is 6.18 Å². The van der Waals surface area contributed by atoms with Crippen molar-refractivity contribution in [3.05, 3.63) is 69.5 Å². The first-order valence-corrected chi connectivity index (χ1v) is 9.83. The van der Waals surface area contributed by atoms with E-state index in [1.807, 2.05) is 6.92 Å². The van der Waals surface area contributed by atoms with E-state index in [0.29, 0.717) is 27.8 Å². The number of halogens is 3. The SMILES string of the molecule is CC1=CN2C(=N)/C(=C/c3cc(C)n(-c4cccc(C(F)(F)F)c4)c3C)C(=O)N=C2S1. The number of alkyl halides is 3. The number of carbonyl (C=O) groups is 1. The summed E-state index contributed by atoms with van der Waals surface area (Å²) in [4.78, 5) is 19.0. The number of carbonyl (C=O) groups excluding carboxylic acids is 1. The van der Waals surface area contributed by atoms with Gasteiger partial charge in [-0.25, -0.2) is 0 Å². The van der Waals surface area contributed by atoms with Crippen LogP contribution >= 0.6 is 11.8 Å². The topological polar surface area (TPSA) is 61.5 Å². The number of nitrogens with one attached hydrogen (secondary N) is 1. The molecule has 5 nitrogen and oxygen atoms in total. The molecular weight excluding hydrogens is 413 g/mol. The lowest BCUT2D eigenvalue weighted by atomic mass is 10.1. The molecule has 154 valence electrons. The average molecular weight is 430 g/mol. The molecule has 2 aliphatic heterocycles. The molecule has 0 fully saturated rings. The number of benzene rings is 1. The molecule has 2 aromatic rings. The van der Waals surface area contributed by atoms with E-state index in [4.69, 9.17) is 5.41 Å².